The average molecular weight is 265 g/mol. The van der Waals surface area contributed by atoms with Crippen molar-refractivity contribution in [3.63, 3.8) is 0 Å². The van der Waals surface area contributed by atoms with Crippen molar-refractivity contribution in [3.05, 3.63) is 35.3 Å². The van der Waals surface area contributed by atoms with E-state index in [0.717, 1.165) is 5.06 Å². The second-order valence-corrected chi connectivity index (χ2v) is 4.97. The summed E-state index contributed by atoms with van der Waals surface area (Å²) in [6.45, 7) is 3.92. The van der Waals surface area contributed by atoms with E-state index in [1.54, 1.807) is 38.2 Å². The van der Waals surface area contributed by atoms with Gasteiger partial charge in [-0.3, -0.25) is 14.5 Å². The molecule has 3 rings (SSSR count). The molecule has 1 fully saturated rings. The van der Waals surface area contributed by atoms with Crippen molar-refractivity contribution in [2.75, 3.05) is 13.2 Å². The lowest BCUT2D eigenvalue weighted by molar-refractivity contribution is -0.706. The largest absolute Gasteiger partial charge is 0.618 e. The van der Waals surface area contributed by atoms with Crippen LogP contribution in [0.1, 0.15) is 19.5 Å². The Morgan fingerprint density at radius 2 is 2.05 bits per heavy atom. The molecule has 2 aliphatic heterocycles. The van der Waals surface area contributed by atoms with Gasteiger partial charge in [0.15, 0.2) is 0 Å². The second kappa shape index (κ2) is 3.97. The number of nitrogens with zero attached hydrogens (tertiary/aromatic N) is 3. The van der Waals surface area contributed by atoms with E-state index in [9.17, 15) is 10.4 Å². The van der Waals surface area contributed by atoms with Crippen molar-refractivity contribution in [2.45, 2.75) is 25.4 Å². The number of hydroxylamine groups is 3. The highest BCUT2D eigenvalue weighted by Gasteiger charge is 2.67. The summed E-state index contributed by atoms with van der Waals surface area (Å²) in [5.74, 6) is 0. The summed E-state index contributed by atoms with van der Waals surface area (Å²) < 4.78 is 11.2. The van der Waals surface area contributed by atoms with Gasteiger partial charge in [-0.15, -0.1) is 4.74 Å². The summed E-state index contributed by atoms with van der Waals surface area (Å²) in [6, 6.07) is 3.46. The van der Waals surface area contributed by atoms with Crippen LogP contribution < -0.4 is 0 Å². The molecule has 19 heavy (non-hydrogen) atoms. The maximum Gasteiger partial charge on any atom is 0.492 e. The van der Waals surface area contributed by atoms with Crippen molar-refractivity contribution < 1.29 is 19.4 Å². The quantitative estimate of drug-likeness (QED) is 0.589. The first-order chi connectivity index (χ1) is 9.00. The topological polar surface area (TPSA) is 80.9 Å². The summed E-state index contributed by atoms with van der Waals surface area (Å²) in [6.07, 6.45) is 1.59. The number of rotatable bonds is 1. The standard InChI is InChI=1S/C12H15N3O4/c1-11(2)10(9-5-3-4-6-13-9)14(16)12(15(11)17)18-7-8-19-12/h3-6,17H,7-8H2,1-2H3. The van der Waals surface area contributed by atoms with Crippen LogP contribution in [0.2, 0.25) is 0 Å². The van der Waals surface area contributed by atoms with Crippen LogP contribution in [0.25, 0.3) is 0 Å². The van der Waals surface area contributed by atoms with Crippen LogP contribution in [0.15, 0.2) is 24.4 Å². The lowest BCUT2D eigenvalue weighted by atomic mass is 9.96. The zero-order valence-electron chi connectivity index (χ0n) is 10.7. The molecule has 7 heteroatoms. The third-order valence-corrected chi connectivity index (χ3v) is 3.41. The van der Waals surface area contributed by atoms with Crippen molar-refractivity contribution in [1.29, 1.82) is 0 Å². The van der Waals surface area contributed by atoms with Gasteiger partial charge in [0.1, 0.15) is 11.2 Å². The van der Waals surface area contributed by atoms with Gasteiger partial charge in [0.2, 0.25) is 5.71 Å². The van der Waals surface area contributed by atoms with Crippen LogP contribution in [0.4, 0.5) is 0 Å². The maximum atomic E-state index is 12.5. The second-order valence-electron chi connectivity index (χ2n) is 4.97. The van der Waals surface area contributed by atoms with Gasteiger partial charge in [0.25, 0.3) is 0 Å². The normalized spacial score (nSPS) is 25.4. The van der Waals surface area contributed by atoms with Crippen molar-refractivity contribution in [1.82, 2.24) is 10.0 Å². The molecule has 7 nitrogen and oxygen atoms in total. The molecule has 1 spiro atoms. The molecule has 1 aromatic rings. The number of hydrogen-bond acceptors (Lipinski definition) is 6. The van der Waals surface area contributed by atoms with Crippen LogP contribution in [-0.4, -0.2) is 50.5 Å². The van der Waals surface area contributed by atoms with Crippen LogP contribution >= 0.6 is 0 Å². The van der Waals surface area contributed by atoms with E-state index in [1.165, 1.54) is 0 Å². The molecule has 2 aliphatic rings. The molecule has 0 amide bonds. The molecule has 0 aromatic carbocycles. The van der Waals surface area contributed by atoms with Crippen LogP contribution in [0.5, 0.6) is 0 Å². The minimum absolute atomic E-state index is 0.251. The Labute approximate surface area is 110 Å². The summed E-state index contributed by atoms with van der Waals surface area (Å²) >= 11 is 0. The Balaban J connectivity index is 2.18. The Morgan fingerprint density at radius 3 is 2.63 bits per heavy atom. The van der Waals surface area contributed by atoms with E-state index in [4.69, 9.17) is 9.47 Å². The maximum absolute atomic E-state index is 12.5. The molecular formula is C12H15N3O4. The van der Waals surface area contributed by atoms with E-state index in [0.29, 0.717) is 16.1 Å². The molecule has 1 aromatic heterocycles. The first kappa shape index (κ1) is 12.5. The molecule has 0 bridgehead atoms. The van der Waals surface area contributed by atoms with Gasteiger partial charge in [0.05, 0.1) is 13.2 Å². The number of pyridine rings is 1. The van der Waals surface area contributed by atoms with E-state index in [2.05, 4.69) is 4.98 Å². The molecule has 0 radical (unpaired) electrons. The van der Waals surface area contributed by atoms with E-state index < -0.39 is 11.6 Å². The summed E-state index contributed by atoms with van der Waals surface area (Å²) in [5.41, 5.74) is -0.185. The average Bonchev–Trinajstić information content (AvgIpc) is 2.93. The van der Waals surface area contributed by atoms with Gasteiger partial charge in [-0.1, -0.05) is 11.1 Å². The summed E-state index contributed by atoms with van der Waals surface area (Å²) in [5, 5.41) is 23.7. The third kappa shape index (κ3) is 1.53. The van der Waals surface area contributed by atoms with Gasteiger partial charge in [-0.25, -0.2) is 0 Å². The van der Waals surface area contributed by atoms with Crippen LogP contribution in [-0.2, 0) is 9.47 Å². The Kier molecular flexibility index (Phi) is 2.61. The predicted molar refractivity (Wildman–Crippen MR) is 64.3 cm³/mol. The lowest BCUT2D eigenvalue weighted by Gasteiger charge is -2.28. The van der Waals surface area contributed by atoms with Crippen LogP contribution in [0.3, 0.4) is 0 Å². The highest BCUT2D eigenvalue weighted by atomic mass is 16.8. The minimum Gasteiger partial charge on any atom is -0.618 e. The molecule has 0 unspecified atom stereocenters. The molecule has 1 N–H and O–H groups in total. The number of aromatic nitrogens is 1. The van der Waals surface area contributed by atoms with E-state index in [1.807, 2.05) is 0 Å². The smallest absolute Gasteiger partial charge is 0.492 e. The fourth-order valence-corrected chi connectivity index (χ4v) is 2.48. The Hall–Kier alpha value is -1.54. The van der Waals surface area contributed by atoms with Crippen LogP contribution in [0, 0.1) is 5.21 Å². The van der Waals surface area contributed by atoms with Crippen molar-refractivity contribution in [3.8, 4) is 0 Å². The van der Waals surface area contributed by atoms with Gasteiger partial charge in [-0.2, -0.15) is 0 Å². The molecule has 0 atom stereocenters. The van der Waals surface area contributed by atoms with Gasteiger partial charge in [-0.05, 0) is 26.0 Å². The molecule has 102 valence electrons. The Bertz CT molecular complexity index is 523. The predicted octanol–water partition coefficient (Wildman–Crippen LogP) is 0.522. The first-order valence-corrected chi connectivity index (χ1v) is 6.03. The third-order valence-electron chi connectivity index (χ3n) is 3.41. The fraction of sp³-hybridized carbons (Fsp3) is 0.500. The van der Waals surface area contributed by atoms with Gasteiger partial charge >= 0.3 is 6.03 Å². The van der Waals surface area contributed by atoms with Crippen molar-refractivity contribution in [2.24, 2.45) is 0 Å². The Morgan fingerprint density at radius 1 is 1.37 bits per heavy atom. The minimum atomic E-state index is -1.80. The first-order valence-electron chi connectivity index (χ1n) is 6.03. The summed E-state index contributed by atoms with van der Waals surface area (Å²) in [4.78, 5) is 4.17. The van der Waals surface area contributed by atoms with E-state index >= 15 is 0 Å². The number of hydrogen-bond donors (Lipinski definition) is 1. The zero-order valence-corrected chi connectivity index (χ0v) is 10.7. The highest BCUT2D eigenvalue weighted by Crippen LogP contribution is 2.38. The zero-order chi connectivity index (χ0) is 13.7. The molecule has 0 saturated carbocycles. The molecule has 0 aliphatic carbocycles. The van der Waals surface area contributed by atoms with Gasteiger partial charge in [0, 0.05) is 6.20 Å². The highest BCUT2D eigenvalue weighted by molar-refractivity contribution is 6.02. The molecular weight excluding hydrogens is 250 g/mol. The lowest BCUT2D eigenvalue weighted by Crippen LogP contribution is -2.55. The fourth-order valence-electron chi connectivity index (χ4n) is 2.48. The SMILES string of the molecule is CC1(C)C(c2ccccn2)=[N+]([O-])C2(OCCO2)N1O. The van der Waals surface area contributed by atoms with Gasteiger partial charge < -0.3 is 10.4 Å². The molecule has 1 saturated heterocycles. The van der Waals surface area contributed by atoms with E-state index in [-0.39, 0.29) is 13.2 Å². The molecule has 3 heterocycles. The summed E-state index contributed by atoms with van der Waals surface area (Å²) in [7, 11) is 0. The number of ether oxygens (including phenoxy) is 2. The monoisotopic (exact) mass is 265 g/mol. The van der Waals surface area contributed by atoms with Crippen molar-refractivity contribution >= 4 is 5.71 Å².